The number of aryl methyl sites for hydroxylation is 1. The predicted molar refractivity (Wildman–Crippen MR) is 115 cm³/mol. The fourth-order valence-electron chi connectivity index (χ4n) is 2.33. The zero-order valence-electron chi connectivity index (χ0n) is 15.8. The predicted octanol–water partition coefficient (Wildman–Crippen LogP) is 5.26. The summed E-state index contributed by atoms with van der Waals surface area (Å²) in [6, 6.07) is 12.2. The molecule has 0 bridgehead atoms. The van der Waals surface area contributed by atoms with E-state index in [-0.39, 0.29) is 12.2 Å². The van der Waals surface area contributed by atoms with Crippen LogP contribution < -0.4 is 14.8 Å². The van der Waals surface area contributed by atoms with Crippen molar-refractivity contribution in [3.8, 4) is 23.6 Å². The van der Waals surface area contributed by atoms with E-state index in [0.29, 0.717) is 38.9 Å². The maximum absolute atomic E-state index is 12.5. The molecule has 29 heavy (non-hydrogen) atoms. The average molecular weight is 475 g/mol. The number of halogens is 2. The van der Waals surface area contributed by atoms with Gasteiger partial charge in [0.1, 0.15) is 17.7 Å². The number of carbonyl (C=O) groups is 1. The first kappa shape index (κ1) is 22.3. The van der Waals surface area contributed by atoms with Gasteiger partial charge in [0.25, 0.3) is 5.91 Å². The van der Waals surface area contributed by atoms with Crippen molar-refractivity contribution >= 4 is 45.2 Å². The maximum Gasteiger partial charge on any atom is 0.266 e. The van der Waals surface area contributed by atoms with Crippen LogP contribution in [0.5, 0.6) is 11.5 Å². The lowest BCUT2D eigenvalue weighted by atomic mass is 10.1. The number of anilines is 1. The first-order chi connectivity index (χ1) is 13.9. The third-order valence-electron chi connectivity index (χ3n) is 3.75. The van der Waals surface area contributed by atoms with E-state index in [1.807, 2.05) is 26.0 Å². The van der Waals surface area contributed by atoms with E-state index in [9.17, 15) is 10.1 Å². The number of hydrogen-bond acceptors (Lipinski definition) is 5. The van der Waals surface area contributed by atoms with Crippen LogP contribution in [0.15, 0.2) is 40.4 Å². The molecule has 148 valence electrons. The highest BCUT2D eigenvalue weighted by atomic mass is 79.9. The van der Waals surface area contributed by atoms with Gasteiger partial charge >= 0.3 is 0 Å². The molecule has 0 saturated carbocycles. The Labute approximate surface area is 182 Å². The number of rotatable bonds is 7. The Hall–Kier alpha value is -3.00. The van der Waals surface area contributed by atoms with Gasteiger partial charge in [-0.25, -0.2) is 0 Å². The molecule has 8 heteroatoms. The molecule has 0 aliphatic rings. The summed E-state index contributed by atoms with van der Waals surface area (Å²) in [5.74, 6) is 0.219. The van der Waals surface area contributed by atoms with Crippen molar-refractivity contribution in [1.29, 1.82) is 10.5 Å². The summed E-state index contributed by atoms with van der Waals surface area (Å²) >= 11 is 9.47. The maximum atomic E-state index is 12.5. The molecule has 0 aliphatic heterocycles. The van der Waals surface area contributed by atoms with Gasteiger partial charge in [-0.2, -0.15) is 10.5 Å². The third kappa shape index (κ3) is 5.99. The summed E-state index contributed by atoms with van der Waals surface area (Å²) in [5, 5.41) is 21.3. The minimum absolute atomic E-state index is 0.101. The Balaban J connectivity index is 2.34. The van der Waals surface area contributed by atoms with Gasteiger partial charge in [-0.05, 0) is 55.3 Å². The average Bonchev–Trinajstić information content (AvgIpc) is 2.69. The summed E-state index contributed by atoms with van der Waals surface area (Å²) in [7, 11) is 0. The topological polar surface area (TPSA) is 95.1 Å². The molecular weight excluding hydrogens is 458 g/mol. The van der Waals surface area contributed by atoms with Gasteiger partial charge in [-0.15, -0.1) is 0 Å². The molecule has 0 aliphatic carbocycles. The number of nitrogens with one attached hydrogen (secondary N) is 1. The van der Waals surface area contributed by atoms with Crippen LogP contribution in [0.1, 0.15) is 18.1 Å². The highest BCUT2D eigenvalue weighted by Gasteiger charge is 2.14. The van der Waals surface area contributed by atoms with E-state index < -0.39 is 5.91 Å². The van der Waals surface area contributed by atoms with Crippen molar-refractivity contribution in [2.24, 2.45) is 0 Å². The second-order valence-electron chi connectivity index (χ2n) is 5.79. The van der Waals surface area contributed by atoms with Crippen LogP contribution in [0.4, 0.5) is 5.69 Å². The Morgan fingerprint density at radius 3 is 2.59 bits per heavy atom. The van der Waals surface area contributed by atoms with Crippen LogP contribution in [0.3, 0.4) is 0 Å². The van der Waals surface area contributed by atoms with Crippen LogP contribution in [-0.4, -0.2) is 19.1 Å². The first-order valence-electron chi connectivity index (χ1n) is 8.55. The highest BCUT2D eigenvalue weighted by molar-refractivity contribution is 9.10. The van der Waals surface area contributed by atoms with Crippen LogP contribution in [0.25, 0.3) is 6.08 Å². The van der Waals surface area contributed by atoms with Crippen molar-refractivity contribution < 1.29 is 14.3 Å². The van der Waals surface area contributed by atoms with Crippen molar-refractivity contribution in [2.75, 3.05) is 18.5 Å². The summed E-state index contributed by atoms with van der Waals surface area (Å²) in [5.41, 5.74) is 1.81. The van der Waals surface area contributed by atoms with Crippen LogP contribution in [0.2, 0.25) is 5.02 Å². The van der Waals surface area contributed by atoms with Crippen LogP contribution >= 0.6 is 27.5 Å². The van der Waals surface area contributed by atoms with Gasteiger partial charge in [-0.3, -0.25) is 4.79 Å². The van der Waals surface area contributed by atoms with Crippen molar-refractivity contribution in [1.82, 2.24) is 0 Å². The molecular formula is C21H17BrClN3O3. The number of carbonyl (C=O) groups excluding carboxylic acids is 1. The standard InChI is InChI=1S/C21H17BrClN3O3/c1-3-28-19-9-14(17(22)11-20(19)29-7-6-24)8-15(12-25)21(27)26-16-5-4-13(2)18(23)10-16/h4-5,8-11H,3,7H2,1-2H3,(H,26,27)/b15-8-. The number of benzene rings is 2. The molecule has 0 atom stereocenters. The SMILES string of the molecule is CCOc1cc(/C=C(/C#N)C(=O)Nc2ccc(C)c(Cl)c2)c(Br)cc1OCC#N. The number of nitrogens with zero attached hydrogens (tertiary/aromatic N) is 2. The Morgan fingerprint density at radius 1 is 1.24 bits per heavy atom. The number of ether oxygens (including phenoxy) is 2. The summed E-state index contributed by atoms with van der Waals surface area (Å²) in [6.45, 7) is 3.92. The van der Waals surface area contributed by atoms with Gasteiger partial charge in [-0.1, -0.05) is 33.6 Å². The van der Waals surface area contributed by atoms with E-state index in [1.165, 1.54) is 6.08 Å². The molecule has 2 aromatic rings. The Bertz CT molecular complexity index is 1040. The summed E-state index contributed by atoms with van der Waals surface area (Å²) < 4.78 is 11.5. The molecule has 2 aromatic carbocycles. The van der Waals surface area contributed by atoms with Gasteiger partial charge in [0.05, 0.1) is 6.61 Å². The van der Waals surface area contributed by atoms with Gasteiger partial charge < -0.3 is 14.8 Å². The van der Waals surface area contributed by atoms with Gasteiger partial charge in [0.2, 0.25) is 0 Å². The number of nitriles is 2. The Morgan fingerprint density at radius 2 is 1.97 bits per heavy atom. The minimum atomic E-state index is -0.568. The second kappa shape index (κ2) is 10.5. The van der Waals surface area contributed by atoms with Gasteiger partial charge in [0.15, 0.2) is 18.1 Å². The molecule has 6 nitrogen and oxygen atoms in total. The smallest absolute Gasteiger partial charge is 0.266 e. The minimum Gasteiger partial charge on any atom is -0.490 e. The molecule has 0 spiro atoms. The number of amides is 1. The highest BCUT2D eigenvalue weighted by Crippen LogP contribution is 2.35. The molecule has 0 aromatic heterocycles. The van der Waals surface area contributed by atoms with Crippen molar-refractivity contribution in [3.63, 3.8) is 0 Å². The van der Waals surface area contributed by atoms with E-state index in [4.69, 9.17) is 26.3 Å². The Kier molecular flexibility index (Phi) is 8.09. The van der Waals surface area contributed by atoms with Gasteiger partial charge in [0, 0.05) is 15.2 Å². The summed E-state index contributed by atoms with van der Waals surface area (Å²) in [6.07, 6.45) is 1.44. The normalized spacial score (nSPS) is 10.6. The molecule has 1 N–H and O–H groups in total. The second-order valence-corrected chi connectivity index (χ2v) is 7.05. The third-order valence-corrected chi connectivity index (χ3v) is 4.84. The van der Waals surface area contributed by atoms with E-state index in [1.54, 1.807) is 30.3 Å². The largest absolute Gasteiger partial charge is 0.490 e. The first-order valence-corrected chi connectivity index (χ1v) is 9.72. The van der Waals surface area contributed by atoms with E-state index in [2.05, 4.69) is 21.2 Å². The number of hydrogen-bond donors (Lipinski definition) is 1. The van der Waals surface area contributed by atoms with E-state index >= 15 is 0 Å². The zero-order chi connectivity index (χ0) is 21.4. The molecule has 2 rings (SSSR count). The lowest BCUT2D eigenvalue weighted by molar-refractivity contribution is -0.112. The lowest BCUT2D eigenvalue weighted by Crippen LogP contribution is -2.13. The quantitative estimate of drug-likeness (QED) is 0.436. The van der Waals surface area contributed by atoms with E-state index in [0.717, 1.165) is 5.56 Å². The van der Waals surface area contributed by atoms with Crippen LogP contribution in [-0.2, 0) is 4.79 Å². The van der Waals surface area contributed by atoms with Crippen LogP contribution in [0, 0.1) is 29.6 Å². The van der Waals surface area contributed by atoms with Crippen molar-refractivity contribution in [3.05, 3.63) is 56.5 Å². The molecule has 0 fully saturated rings. The fourth-order valence-corrected chi connectivity index (χ4v) is 2.94. The molecule has 0 saturated heterocycles. The monoisotopic (exact) mass is 473 g/mol. The molecule has 0 heterocycles. The zero-order valence-corrected chi connectivity index (χ0v) is 18.1. The molecule has 0 radical (unpaired) electrons. The summed E-state index contributed by atoms with van der Waals surface area (Å²) in [4.78, 5) is 12.5. The molecule has 0 unspecified atom stereocenters. The molecule has 1 amide bonds. The van der Waals surface area contributed by atoms with Crippen molar-refractivity contribution in [2.45, 2.75) is 13.8 Å². The fraction of sp³-hybridized carbons (Fsp3) is 0.190. The lowest BCUT2D eigenvalue weighted by Gasteiger charge is -2.12.